The lowest BCUT2D eigenvalue weighted by atomic mass is 10.3. The maximum atomic E-state index is 3.56. The molecule has 0 aliphatic rings. The Kier molecular flexibility index (Phi) is 120. The molecule has 0 fully saturated rings. The van der Waals surface area contributed by atoms with Crippen LogP contribution in [0, 0.1) is 0 Å². The van der Waals surface area contributed by atoms with Crippen LogP contribution in [0.2, 0.25) is 0 Å². The Balaban J connectivity index is -0.0000000305. The van der Waals surface area contributed by atoms with Crippen molar-refractivity contribution in [1.82, 2.24) is 0 Å². The molecule has 0 heteroatoms. The number of hydrogen-bond donors (Lipinski definition) is 0. The van der Waals surface area contributed by atoms with Gasteiger partial charge in [0.15, 0.2) is 0 Å². The molecular formula is C20H40. The molecule has 20 heavy (non-hydrogen) atoms. The highest BCUT2D eigenvalue weighted by molar-refractivity contribution is 4.88. The van der Waals surface area contributed by atoms with Crippen molar-refractivity contribution in [1.29, 1.82) is 0 Å². The minimum Gasteiger partial charge on any atom is -0.106 e. The van der Waals surface area contributed by atoms with E-state index >= 15 is 0 Å². The van der Waals surface area contributed by atoms with Crippen molar-refractivity contribution >= 4 is 0 Å². The summed E-state index contributed by atoms with van der Waals surface area (Å²) in [5.74, 6) is 0. The average Bonchev–Trinajstić information content (AvgIpc) is 2.43. The maximum Gasteiger partial charge on any atom is -0.0442 e. The van der Waals surface area contributed by atoms with Crippen LogP contribution in [0.3, 0.4) is 0 Å². The highest BCUT2D eigenvalue weighted by Crippen LogP contribution is 1.82. The van der Waals surface area contributed by atoms with E-state index in [1.807, 2.05) is 53.7 Å². The predicted molar refractivity (Wildman–Crippen MR) is 104 cm³/mol. The summed E-state index contributed by atoms with van der Waals surface area (Å²) in [6.07, 6.45) is 7.83. The van der Waals surface area contributed by atoms with Gasteiger partial charge >= 0.3 is 0 Å². The van der Waals surface area contributed by atoms with Crippen LogP contribution in [0.5, 0.6) is 0 Å². The number of hydrogen-bond acceptors (Lipinski definition) is 0. The summed E-state index contributed by atoms with van der Waals surface area (Å²) >= 11 is 0. The first-order valence-electron chi connectivity index (χ1n) is 6.69. The highest BCUT2D eigenvalue weighted by atomic mass is 13.7. The molecule has 0 aromatic carbocycles. The zero-order chi connectivity index (χ0) is 18.0. The van der Waals surface area contributed by atoms with Gasteiger partial charge in [0.2, 0.25) is 0 Å². The quantitative estimate of drug-likeness (QED) is 0.395. The van der Waals surface area contributed by atoms with Crippen molar-refractivity contribution in [3.8, 4) is 0 Å². The molecule has 0 atom stereocenters. The standard InChI is InChI=1S/C5H10.2C4H8.C3H6.2C2H4/c1-4-5(2)3;1-4(2)3;1-3-4-2;1-3-2;2*1-2/h4H,1-3H3;1H2,2-3H3;3-4H,1-2H3;3H,1H2,2H3;2*1-2H2/b;;4-3+;;;. The molecule has 0 rings (SSSR count). The van der Waals surface area contributed by atoms with Crippen LogP contribution < -0.4 is 0 Å². The second-order valence-corrected chi connectivity index (χ2v) is 3.65. The van der Waals surface area contributed by atoms with Crippen LogP contribution in [0.4, 0.5) is 0 Å². The first-order valence-corrected chi connectivity index (χ1v) is 6.69. The normalized spacial score (nSPS) is 6.00. The lowest BCUT2D eigenvalue weighted by Gasteiger charge is -1.74. The first-order chi connectivity index (χ1) is 9.33. The third kappa shape index (κ3) is 1890. The molecule has 0 spiro atoms. The van der Waals surface area contributed by atoms with Crippen molar-refractivity contribution in [3.63, 3.8) is 0 Å². The third-order valence-corrected chi connectivity index (χ3v) is 0.911. The van der Waals surface area contributed by atoms with Crippen LogP contribution in [0.1, 0.15) is 55.4 Å². The van der Waals surface area contributed by atoms with Gasteiger partial charge in [0.1, 0.15) is 0 Å². The van der Waals surface area contributed by atoms with Crippen LogP contribution in [0.15, 0.2) is 74.9 Å². The van der Waals surface area contributed by atoms with Gasteiger partial charge in [-0.15, -0.1) is 39.5 Å². The fourth-order valence-electron chi connectivity index (χ4n) is 0. The van der Waals surface area contributed by atoms with Gasteiger partial charge in [-0.3, -0.25) is 0 Å². The molecule has 0 aliphatic carbocycles. The molecule has 0 bridgehead atoms. The Morgan fingerprint density at radius 2 is 0.800 bits per heavy atom. The largest absolute Gasteiger partial charge is 0.106 e. The van der Waals surface area contributed by atoms with Gasteiger partial charge in [-0.25, -0.2) is 0 Å². The zero-order valence-corrected chi connectivity index (χ0v) is 15.6. The Morgan fingerprint density at radius 3 is 0.800 bits per heavy atom. The van der Waals surface area contributed by atoms with E-state index in [4.69, 9.17) is 0 Å². The van der Waals surface area contributed by atoms with Crippen molar-refractivity contribution in [3.05, 3.63) is 74.9 Å². The van der Waals surface area contributed by atoms with Gasteiger partial charge in [0.05, 0.1) is 0 Å². The molecule has 0 radical (unpaired) electrons. The molecule has 0 nitrogen and oxygen atoms in total. The van der Waals surface area contributed by atoms with E-state index in [-0.39, 0.29) is 0 Å². The zero-order valence-electron chi connectivity index (χ0n) is 15.6. The molecule has 0 N–H and O–H groups in total. The van der Waals surface area contributed by atoms with Crippen LogP contribution in [-0.2, 0) is 0 Å². The molecule has 0 unspecified atom stereocenters. The van der Waals surface area contributed by atoms with Crippen molar-refractivity contribution in [2.45, 2.75) is 55.4 Å². The Bertz CT molecular complexity index is 190. The van der Waals surface area contributed by atoms with Crippen molar-refractivity contribution in [2.24, 2.45) is 0 Å². The summed E-state index contributed by atoms with van der Waals surface area (Å²) in [5, 5.41) is 0. The number of allylic oxidation sites excluding steroid dienone is 6. The van der Waals surface area contributed by atoms with Gasteiger partial charge in [-0.1, -0.05) is 35.5 Å². The third-order valence-electron chi connectivity index (χ3n) is 0.911. The summed E-state index contributed by atoms with van der Waals surface area (Å²) < 4.78 is 0. The minimum absolute atomic E-state index is 1.17. The summed E-state index contributed by atoms with van der Waals surface area (Å²) in [6, 6.07) is 0. The van der Waals surface area contributed by atoms with E-state index in [0.29, 0.717) is 0 Å². The lowest BCUT2D eigenvalue weighted by Crippen LogP contribution is -1.52. The van der Waals surface area contributed by atoms with Gasteiger partial charge in [-0.05, 0) is 55.4 Å². The summed E-state index contributed by atoms with van der Waals surface area (Å²) in [7, 11) is 0. The molecule has 0 aliphatic heterocycles. The molecule has 120 valence electrons. The molecular weight excluding hydrogens is 240 g/mol. The molecule has 0 saturated carbocycles. The maximum absolute atomic E-state index is 3.56. The van der Waals surface area contributed by atoms with Gasteiger partial charge < -0.3 is 0 Å². The minimum atomic E-state index is 1.17. The van der Waals surface area contributed by atoms with Crippen molar-refractivity contribution in [2.75, 3.05) is 0 Å². The van der Waals surface area contributed by atoms with Crippen molar-refractivity contribution < 1.29 is 0 Å². The summed E-state index contributed by atoms with van der Waals surface area (Å²) in [6.45, 7) is 35.0. The highest BCUT2D eigenvalue weighted by Gasteiger charge is 1.60. The lowest BCUT2D eigenvalue weighted by molar-refractivity contribution is 1.36. The monoisotopic (exact) mass is 280 g/mol. The fourth-order valence-corrected chi connectivity index (χ4v) is 0. The Hall–Kier alpha value is -1.56. The van der Waals surface area contributed by atoms with Gasteiger partial charge in [0, 0.05) is 0 Å². The summed E-state index contributed by atoms with van der Waals surface area (Å²) in [5.41, 5.74) is 2.55. The SMILES string of the molecule is C/C=C/C.C=C.C=C.C=C(C)C.C=CC.CC=C(C)C. The molecule has 0 aromatic rings. The van der Waals surface area contributed by atoms with E-state index in [1.165, 1.54) is 11.1 Å². The molecule has 0 heterocycles. The second-order valence-electron chi connectivity index (χ2n) is 3.65. The van der Waals surface area contributed by atoms with E-state index < -0.39 is 0 Å². The molecule has 0 saturated heterocycles. The van der Waals surface area contributed by atoms with Crippen LogP contribution in [0.25, 0.3) is 0 Å². The topological polar surface area (TPSA) is 0 Å². The Labute approximate surface area is 131 Å². The fraction of sp³-hybridized carbons (Fsp3) is 0.400. The second kappa shape index (κ2) is 66.2. The van der Waals surface area contributed by atoms with E-state index in [2.05, 4.69) is 59.4 Å². The first kappa shape index (κ1) is 36.2. The molecule has 0 aromatic heterocycles. The van der Waals surface area contributed by atoms with Crippen LogP contribution in [-0.4, -0.2) is 0 Å². The number of rotatable bonds is 0. The van der Waals surface area contributed by atoms with E-state index in [0.717, 1.165) is 0 Å². The Morgan fingerprint density at radius 1 is 0.700 bits per heavy atom. The van der Waals surface area contributed by atoms with Crippen LogP contribution >= 0.6 is 0 Å². The predicted octanol–water partition coefficient (Wildman–Crippen LogP) is 7.93. The van der Waals surface area contributed by atoms with E-state index in [9.17, 15) is 0 Å². The smallest absolute Gasteiger partial charge is 0.0442 e. The summed E-state index contributed by atoms with van der Waals surface area (Å²) in [4.78, 5) is 0. The molecule has 0 amide bonds. The average molecular weight is 281 g/mol. The van der Waals surface area contributed by atoms with Gasteiger partial charge in [-0.2, -0.15) is 0 Å². The van der Waals surface area contributed by atoms with E-state index in [1.54, 1.807) is 6.08 Å². The van der Waals surface area contributed by atoms with Gasteiger partial charge in [0.25, 0.3) is 0 Å².